The van der Waals surface area contributed by atoms with E-state index in [0.717, 1.165) is 40.5 Å². The summed E-state index contributed by atoms with van der Waals surface area (Å²) in [5.74, 6) is 1.29. The van der Waals surface area contributed by atoms with Crippen molar-refractivity contribution in [3.63, 3.8) is 0 Å². The highest BCUT2D eigenvalue weighted by Gasteiger charge is 2.43. The van der Waals surface area contributed by atoms with Crippen molar-refractivity contribution in [1.29, 1.82) is 0 Å². The second-order valence-corrected chi connectivity index (χ2v) is 7.05. The van der Waals surface area contributed by atoms with Crippen LogP contribution in [0.15, 0.2) is 42.5 Å². The lowest BCUT2D eigenvalue weighted by atomic mass is 9.85. The van der Waals surface area contributed by atoms with Crippen LogP contribution >= 0.6 is 0 Å². The molecule has 1 atom stereocenters. The van der Waals surface area contributed by atoms with Gasteiger partial charge in [-0.05, 0) is 35.7 Å². The molecule has 4 heteroatoms. The first-order valence-electron chi connectivity index (χ1n) is 9.30. The van der Waals surface area contributed by atoms with Crippen molar-refractivity contribution in [2.24, 2.45) is 0 Å². The van der Waals surface area contributed by atoms with Gasteiger partial charge in [-0.1, -0.05) is 44.0 Å². The summed E-state index contributed by atoms with van der Waals surface area (Å²) in [6, 6.07) is 13.2. The quantitative estimate of drug-likeness (QED) is 0.671. The highest BCUT2D eigenvalue weighted by molar-refractivity contribution is 6.09. The van der Waals surface area contributed by atoms with Crippen LogP contribution in [0.3, 0.4) is 0 Å². The van der Waals surface area contributed by atoms with Crippen LogP contribution in [0.5, 0.6) is 17.2 Å². The first kappa shape index (κ1) is 17.7. The van der Waals surface area contributed by atoms with Gasteiger partial charge in [0.05, 0.1) is 14.2 Å². The monoisotopic (exact) mass is 364 g/mol. The lowest BCUT2D eigenvalue weighted by Crippen LogP contribution is -2.24. The predicted octanol–water partition coefficient (Wildman–Crippen LogP) is 4.97. The number of rotatable bonds is 5. The molecule has 4 rings (SSSR count). The number of methoxy groups -OCH3 is 2. The van der Waals surface area contributed by atoms with Crippen molar-refractivity contribution in [3.8, 4) is 28.4 Å². The van der Waals surface area contributed by atoms with Crippen molar-refractivity contribution < 1.29 is 19.7 Å². The summed E-state index contributed by atoms with van der Waals surface area (Å²) in [6.45, 7) is 2.11. The molecular formula is C23H24O4. The van der Waals surface area contributed by atoms with Crippen LogP contribution in [0.4, 0.5) is 0 Å². The number of phenolic OH excluding ortho intramolecular Hbond substituents is 1. The van der Waals surface area contributed by atoms with E-state index in [9.17, 15) is 10.2 Å². The maximum absolute atomic E-state index is 11.7. The molecule has 3 aromatic carbocycles. The van der Waals surface area contributed by atoms with Crippen LogP contribution in [0.2, 0.25) is 0 Å². The molecule has 0 saturated carbocycles. The van der Waals surface area contributed by atoms with Gasteiger partial charge in [-0.15, -0.1) is 0 Å². The van der Waals surface area contributed by atoms with E-state index in [1.807, 2.05) is 30.3 Å². The zero-order valence-corrected chi connectivity index (χ0v) is 15.9. The normalized spacial score (nSPS) is 17.6. The highest BCUT2D eigenvalue weighted by atomic mass is 16.5. The molecule has 0 spiro atoms. The van der Waals surface area contributed by atoms with E-state index in [1.54, 1.807) is 26.4 Å². The summed E-state index contributed by atoms with van der Waals surface area (Å²) in [6.07, 6.45) is 2.47. The zero-order valence-electron chi connectivity index (χ0n) is 15.9. The SMILES string of the molecule is CCCCC1(O)c2ccccc2-c2c1cc(O)c1ccc(OC)c(OC)c21. The molecular weight excluding hydrogens is 340 g/mol. The van der Waals surface area contributed by atoms with Gasteiger partial charge in [-0.25, -0.2) is 0 Å². The third kappa shape index (κ3) is 2.40. The van der Waals surface area contributed by atoms with Crippen molar-refractivity contribution in [2.75, 3.05) is 14.2 Å². The average molecular weight is 364 g/mol. The zero-order chi connectivity index (χ0) is 19.2. The Balaban J connectivity index is 2.16. The van der Waals surface area contributed by atoms with Crippen molar-refractivity contribution >= 4 is 10.8 Å². The smallest absolute Gasteiger partial charge is 0.169 e. The molecule has 140 valence electrons. The third-order valence-electron chi connectivity index (χ3n) is 5.60. The summed E-state index contributed by atoms with van der Waals surface area (Å²) in [5.41, 5.74) is 2.37. The van der Waals surface area contributed by atoms with Gasteiger partial charge in [0.25, 0.3) is 0 Å². The Morgan fingerprint density at radius 1 is 1.00 bits per heavy atom. The number of hydrogen-bond acceptors (Lipinski definition) is 4. The van der Waals surface area contributed by atoms with Crippen molar-refractivity contribution in [1.82, 2.24) is 0 Å². The van der Waals surface area contributed by atoms with Crippen LogP contribution < -0.4 is 9.47 Å². The minimum absolute atomic E-state index is 0.132. The number of aliphatic hydroxyl groups is 1. The molecule has 1 unspecified atom stereocenters. The van der Waals surface area contributed by atoms with Crippen molar-refractivity contribution in [3.05, 3.63) is 53.6 Å². The highest BCUT2D eigenvalue weighted by Crippen LogP contribution is 2.56. The first-order valence-corrected chi connectivity index (χ1v) is 9.30. The number of hydrogen-bond donors (Lipinski definition) is 2. The molecule has 0 aliphatic heterocycles. The molecule has 0 bridgehead atoms. The molecule has 27 heavy (non-hydrogen) atoms. The Hall–Kier alpha value is -2.72. The minimum Gasteiger partial charge on any atom is -0.507 e. The number of ether oxygens (including phenoxy) is 2. The van der Waals surface area contributed by atoms with Gasteiger partial charge in [0.1, 0.15) is 11.4 Å². The number of benzene rings is 3. The first-order chi connectivity index (χ1) is 13.1. The summed E-state index contributed by atoms with van der Waals surface area (Å²) in [5, 5.41) is 23.9. The molecule has 4 nitrogen and oxygen atoms in total. The summed E-state index contributed by atoms with van der Waals surface area (Å²) >= 11 is 0. The second-order valence-electron chi connectivity index (χ2n) is 7.05. The van der Waals surface area contributed by atoms with Crippen LogP contribution in [-0.4, -0.2) is 24.4 Å². The van der Waals surface area contributed by atoms with E-state index < -0.39 is 5.60 Å². The van der Waals surface area contributed by atoms with Gasteiger partial charge >= 0.3 is 0 Å². The van der Waals surface area contributed by atoms with Gasteiger partial charge in [0.2, 0.25) is 0 Å². The van der Waals surface area contributed by atoms with Gasteiger partial charge in [0.15, 0.2) is 11.5 Å². The van der Waals surface area contributed by atoms with Crippen LogP contribution in [0.25, 0.3) is 21.9 Å². The van der Waals surface area contributed by atoms with E-state index in [2.05, 4.69) is 6.92 Å². The molecule has 1 aliphatic rings. The molecule has 3 aromatic rings. The lowest BCUT2D eigenvalue weighted by Gasteiger charge is -2.26. The Morgan fingerprint density at radius 3 is 2.48 bits per heavy atom. The van der Waals surface area contributed by atoms with E-state index in [0.29, 0.717) is 23.3 Å². The summed E-state index contributed by atoms with van der Waals surface area (Å²) in [4.78, 5) is 0. The van der Waals surface area contributed by atoms with E-state index >= 15 is 0 Å². The van der Waals surface area contributed by atoms with E-state index in [-0.39, 0.29) is 5.75 Å². The molecule has 0 heterocycles. The molecule has 1 aliphatic carbocycles. The maximum atomic E-state index is 11.7. The number of phenols is 1. The number of aromatic hydroxyl groups is 1. The van der Waals surface area contributed by atoms with Gasteiger partial charge in [-0.2, -0.15) is 0 Å². The van der Waals surface area contributed by atoms with Crippen LogP contribution in [0.1, 0.15) is 37.3 Å². The van der Waals surface area contributed by atoms with Crippen LogP contribution in [-0.2, 0) is 5.60 Å². The standard InChI is InChI=1S/C23H24O4/c1-4-5-12-23(25)16-9-7-6-8-14(16)20-17(23)13-18(24)15-10-11-19(26-2)22(27-3)21(15)20/h6-11,13,24-25H,4-5,12H2,1-3H3. The Kier molecular flexibility index (Phi) is 4.23. The fourth-order valence-corrected chi connectivity index (χ4v) is 4.32. The van der Waals surface area contributed by atoms with Crippen molar-refractivity contribution in [2.45, 2.75) is 31.8 Å². The minimum atomic E-state index is -1.12. The van der Waals surface area contributed by atoms with Crippen LogP contribution in [0, 0.1) is 0 Å². The average Bonchev–Trinajstić information content (AvgIpc) is 2.94. The van der Waals surface area contributed by atoms with E-state index in [4.69, 9.17) is 9.47 Å². The third-order valence-corrected chi connectivity index (χ3v) is 5.60. The molecule has 0 saturated heterocycles. The van der Waals surface area contributed by atoms with Gasteiger partial charge in [-0.3, -0.25) is 0 Å². The Labute approximate surface area is 159 Å². The van der Waals surface area contributed by atoms with Gasteiger partial charge < -0.3 is 19.7 Å². The Morgan fingerprint density at radius 2 is 1.78 bits per heavy atom. The number of fused-ring (bicyclic) bond motifs is 5. The second kappa shape index (κ2) is 6.46. The summed E-state index contributed by atoms with van der Waals surface area (Å²) < 4.78 is 11.2. The molecule has 0 fully saturated rings. The maximum Gasteiger partial charge on any atom is 0.169 e. The predicted molar refractivity (Wildman–Crippen MR) is 107 cm³/mol. The molecule has 0 amide bonds. The van der Waals surface area contributed by atoms with E-state index in [1.165, 1.54) is 0 Å². The fraction of sp³-hybridized carbons (Fsp3) is 0.304. The Bertz CT molecular complexity index is 1020. The fourth-order valence-electron chi connectivity index (χ4n) is 4.32. The number of unbranched alkanes of at least 4 members (excludes halogenated alkanes) is 1. The largest absolute Gasteiger partial charge is 0.507 e. The molecule has 2 N–H and O–H groups in total. The topological polar surface area (TPSA) is 58.9 Å². The van der Waals surface area contributed by atoms with Gasteiger partial charge in [0, 0.05) is 21.9 Å². The molecule has 0 aromatic heterocycles. The lowest BCUT2D eigenvalue weighted by molar-refractivity contribution is 0.0731. The molecule has 0 radical (unpaired) electrons. The summed E-state index contributed by atoms with van der Waals surface area (Å²) in [7, 11) is 3.19.